The van der Waals surface area contributed by atoms with Gasteiger partial charge >= 0.3 is 0 Å². The largest absolute Gasteiger partial charge is 0.508 e. The van der Waals surface area contributed by atoms with Crippen LogP contribution >= 0.6 is 12.6 Å². The van der Waals surface area contributed by atoms with E-state index < -0.39 is 10.8 Å². The Morgan fingerprint density at radius 3 is 0.632 bits per heavy atom. The van der Waals surface area contributed by atoms with Crippen molar-refractivity contribution >= 4 is 30.9 Å². The highest BCUT2D eigenvalue weighted by molar-refractivity contribution is 7.83. The third-order valence-corrected chi connectivity index (χ3v) is 26.3. The SMILES string of the molecule is C.C.C.CC(C)(C)c1cc(C(C)(C=C=CC(C)(c2ccc(O)c(C(C)(C)C)c2)c2ccc(O)c(C(C)(C)C)c2)c2ccc(O)c(C(C)(C)C)c2)ccc1O.CC=Cc1cc(C(C)(C)C)c(C)c(C(C)(C)C)c1.CC=Cc1cc(C(C)(C)C)c(C)c(C(C)(C)C)c1.CCCC(c1cc(C(C)(C)C)c(O)cc1C)c1cc(C(C)(C)C)c(O)cc1C.Cc1c(C(C)(C)C)cc(C=CS)cc1C(C)(C)C. The highest BCUT2D eigenvalue weighted by atomic mass is 32.1. The van der Waals surface area contributed by atoms with Crippen LogP contribution in [-0.2, 0) is 75.8 Å². The summed E-state index contributed by atoms with van der Waals surface area (Å²) in [5.74, 6) is 2.02. The van der Waals surface area contributed by atoms with Gasteiger partial charge in [-0.15, -0.1) is 5.73 Å². The van der Waals surface area contributed by atoms with E-state index in [2.05, 4.69) is 452 Å². The van der Waals surface area contributed by atoms with Crippen molar-refractivity contribution in [3.8, 4) is 34.5 Å². The summed E-state index contributed by atoms with van der Waals surface area (Å²) in [7, 11) is 0. The van der Waals surface area contributed by atoms with E-state index in [0.717, 1.165) is 79.6 Å². The third kappa shape index (κ3) is 31.4. The quantitative estimate of drug-likeness (QED) is 0.0456. The van der Waals surface area contributed by atoms with Crippen molar-refractivity contribution in [2.75, 3.05) is 0 Å². The average Bonchev–Trinajstić information content (AvgIpc) is 0.765. The zero-order chi connectivity index (χ0) is 102. The van der Waals surface area contributed by atoms with Crippen LogP contribution in [0, 0.1) is 34.6 Å². The fourth-order valence-corrected chi connectivity index (χ4v) is 18.8. The van der Waals surface area contributed by atoms with Crippen LogP contribution in [-0.4, -0.2) is 30.6 Å². The van der Waals surface area contributed by atoms with E-state index in [0.29, 0.717) is 11.5 Å². The number of hydrogen-bond acceptors (Lipinski definition) is 7. The molecule has 0 heterocycles. The van der Waals surface area contributed by atoms with Crippen molar-refractivity contribution < 1.29 is 30.6 Å². The van der Waals surface area contributed by atoms with Gasteiger partial charge in [-0.05, 0) is 338 Å². The van der Waals surface area contributed by atoms with Crippen LogP contribution in [0.1, 0.15) is 470 Å². The molecule has 0 aromatic heterocycles. The van der Waals surface area contributed by atoms with Gasteiger partial charge in [0.1, 0.15) is 34.5 Å². The number of benzene rings is 9. The van der Waals surface area contributed by atoms with Gasteiger partial charge in [0.2, 0.25) is 0 Å². The maximum atomic E-state index is 10.9. The minimum atomic E-state index is -0.712. The van der Waals surface area contributed by atoms with Crippen LogP contribution < -0.4 is 0 Å². The lowest BCUT2D eigenvalue weighted by atomic mass is 9.71. The van der Waals surface area contributed by atoms with E-state index in [1.54, 1.807) is 24.3 Å². The van der Waals surface area contributed by atoms with Gasteiger partial charge in [0.15, 0.2) is 0 Å². The molecule has 9 aromatic rings. The highest BCUT2D eigenvalue weighted by Crippen LogP contribution is 2.49. The van der Waals surface area contributed by atoms with Gasteiger partial charge in [0.25, 0.3) is 0 Å². The Morgan fingerprint density at radius 2 is 0.456 bits per heavy atom. The van der Waals surface area contributed by atoms with E-state index in [-0.39, 0.29) is 116 Å². The number of hydrogen-bond donors (Lipinski definition) is 7. The molecule has 0 spiro atoms. The fourth-order valence-electron chi connectivity index (χ4n) is 18.7. The number of allylic oxidation sites excluding steroid dienone is 3. The minimum Gasteiger partial charge on any atom is -0.508 e. The molecule has 0 fully saturated rings. The number of phenols is 6. The van der Waals surface area contributed by atoms with Crippen molar-refractivity contribution in [3.05, 3.63) is 314 Å². The van der Waals surface area contributed by atoms with Crippen molar-refractivity contribution in [2.24, 2.45) is 0 Å². The first-order valence-electron chi connectivity index (χ1n) is 48.7. The fraction of sp³-hybridized carbons (Fsp3) is 0.512. The Kier molecular flexibility index (Phi) is 41.5. The number of rotatable bonds is 13. The van der Waals surface area contributed by atoms with E-state index in [1.165, 1.54) is 77.9 Å². The lowest BCUT2D eigenvalue weighted by molar-refractivity contribution is 0.443. The molecule has 0 aliphatic rings. The summed E-state index contributed by atoms with van der Waals surface area (Å²) in [6, 6.07) is 45.5. The second-order valence-corrected chi connectivity index (χ2v) is 50.9. The van der Waals surface area contributed by atoms with Crippen molar-refractivity contribution in [1.29, 1.82) is 0 Å². The Bertz CT molecular complexity index is 5030. The molecule has 750 valence electrons. The van der Waals surface area contributed by atoms with E-state index in [1.807, 2.05) is 41.8 Å². The molecule has 9 rings (SSSR count). The van der Waals surface area contributed by atoms with E-state index in [4.69, 9.17) is 0 Å². The van der Waals surface area contributed by atoms with Gasteiger partial charge in [-0.2, -0.15) is 12.6 Å². The van der Waals surface area contributed by atoms with Crippen LogP contribution in [0.3, 0.4) is 0 Å². The van der Waals surface area contributed by atoms with Crippen molar-refractivity contribution in [1.82, 2.24) is 0 Å². The number of aromatic hydroxyl groups is 6. The Hall–Kier alpha value is -9.13. The first-order valence-corrected chi connectivity index (χ1v) is 49.2. The van der Waals surface area contributed by atoms with Gasteiger partial charge < -0.3 is 30.6 Å². The molecule has 0 aliphatic carbocycles. The number of thiol groups is 1. The molecule has 0 radical (unpaired) electrons. The predicted octanol–water partition coefficient (Wildman–Crippen LogP) is 37.6. The molecule has 0 amide bonds. The molecule has 6 nitrogen and oxygen atoms in total. The van der Waals surface area contributed by atoms with Gasteiger partial charge in [-0.3, -0.25) is 0 Å². The molecular weight excluding hydrogens is 1680 g/mol. The second-order valence-electron chi connectivity index (χ2n) is 50.6. The molecule has 6 N–H and O–H groups in total. The Morgan fingerprint density at radius 1 is 0.265 bits per heavy atom. The van der Waals surface area contributed by atoms with Gasteiger partial charge in [-0.25, -0.2) is 0 Å². The molecular formula is C129H192O6S. The molecule has 9 aromatic carbocycles. The smallest absolute Gasteiger partial charge is 0.119 e. The molecule has 0 saturated heterocycles. The first kappa shape index (κ1) is 123. The van der Waals surface area contributed by atoms with Gasteiger partial charge in [-0.1, -0.05) is 406 Å². The summed E-state index contributed by atoms with van der Waals surface area (Å²) in [4.78, 5) is 0. The molecule has 0 atom stereocenters. The van der Waals surface area contributed by atoms with E-state index >= 15 is 0 Å². The second kappa shape index (κ2) is 45.9. The van der Waals surface area contributed by atoms with Crippen molar-refractivity contribution in [3.63, 3.8) is 0 Å². The normalized spacial score (nSPS) is 12.8. The maximum absolute atomic E-state index is 10.9. The minimum absolute atomic E-state index is 0. The Balaban J connectivity index is 0.000000622. The maximum Gasteiger partial charge on any atom is 0.119 e. The monoisotopic (exact) mass is 1870 g/mol. The lowest BCUT2D eigenvalue weighted by Crippen LogP contribution is -2.25. The average molecular weight is 1870 g/mol. The van der Waals surface area contributed by atoms with Gasteiger partial charge in [0, 0.05) is 16.7 Å². The summed E-state index contributed by atoms with van der Waals surface area (Å²) >= 11 is 4.19. The number of phenolic OH excluding ortho intramolecular Hbond substituents is 6. The summed E-state index contributed by atoms with van der Waals surface area (Å²) < 4.78 is 0. The summed E-state index contributed by atoms with van der Waals surface area (Å²) in [6.07, 6.45) is 17.0. The topological polar surface area (TPSA) is 121 Å². The predicted molar refractivity (Wildman–Crippen MR) is 606 cm³/mol. The van der Waals surface area contributed by atoms with Crippen LogP contribution in [0.15, 0.2) is 169 Å². The van der Waals surface area contributed by atoms with Crippen LogP contribution in [0.25, 0.3) is 18.2 Å². The van der Waals surface area contributed by atoms with Crippen molar-refractivity contribution in [2.45, 2.75) is 435 Å². The zero-order valence-electron chi connectivity index (χ0n) is 91.9. The standard InChI is InChI=1S/C47H60O4.C26H38O2.2C18H28.C17H26S.3CH4/c1-42(2,3)34-26-30(16-20-38(34)48)46(13,31-17-21-39(49)35(27-31)43(4,5)6)24-15-25-47(14,32-18-22-40(50)36(28-32)44(7,8)9)33-19-23-41(51)37(29-33)45(10,11)12;1-10-11-18(19-14-21(25(4,5)6)23(27)12-16(19)2)20-15-22(26(7,8)9)24(28)13-17(20)3;2*1-9-10-14-11-15(17(3,4)5)13(2)16(12-14)18(6,7)8;1-12-14(16(2,3)4)10-13(8-9-18)11-15(12)17(5,6)7;;;/h16-29,48-51H,1-14H3;12-15,18,27-28H,10-11H2,1-9H3;2*9-12H,1-8H3;8-11,18H,1-7H3;3*1H4. The number of aryl methyl sites for hydroxylation is 2. The molecule has 0 aliphatic heterocycles. The van der Waals surface area contributed by atoms with Crippen LogP contribution in [0.4, 0.5) is 0 Å². The van der Waals surface area contributed by atoms with Gasteiger partial charge in [0.05, 0.1) is 0 Å². The van der Waals surface area contributed by atoms with Crippen LogP contribution in [0.5, 0.6) is 34.5 Å². The third-order valence-electron chi connectivity index (χ3n) is 26.2. The van der Waals surface area contributed by atoms with E-state index in [9.17, 15) is 30.6 Å². The molecule has 136 heavy (non-hydrogen) atoms. The first-order chi connectivity index (χ1) is 60.2. The zero-order valence-corrected chi connectivity index (χ0v) is 92.8. The summed E-state index contributed by atoms with van der Waals surface area (Å²) in [5, 5.41) is 66.6. The molecule has 0 saturated carbocycles. The molecule has 7 heteroatoms. The molecule has 0 unspecified atom stereocenters. The highest BCUT2D eigenvalue weighted by Gasteiger charge is 2.37. The van der Waals surface area contributed by atoms with Crippen LogP contribution in [0.2, 0.25) is 0 Å². The molecule has 0 bridgehead atoms. The summed E-state index contributed by atoms with van der Waals surface area (Å²) in [6.45, 7) is 101. The Labute approximate surface area is 839 Å². The summed E-state index contributed by atoms with van der Waals surface area (Å²) in [5.41, 5.74) is 32.9. The lowest BCUT2D eigenvalue weighted by Gasteiger charge is -2.32.